The van der Waals surface area contributed by atoms with Crippen LogP contribution in [0.3, 0.4) is 0 Å². The Morgan fingerprint density at radius 1 is 1.22 bits per heavy atom. The second-order valence-corrected chi connectivity index (χ2v) is 6.48. The van der Waals surface area contributed by atoms with Crippen LogP contribution in [-0.2, 0) is 33.2 Å². The van der Waals surface area contributed by atoms with Crippen molar-refractivity contribution in [3.8, 4) is 0 Å². The fraction of sp³-hybridized carbons (Fsp3) is 1.00. The smallest absolute Gasteiger partial charge is 0.264 e. The Balaban J connectivity index is 2.04. The molecule has 0 aliphatic carbocycles. The molecular formula is C10H18O7S. The molecule has 8 heteroatoms. The highest BCUT2D eigenvalue weighted by Gasteiger charge is 2.55. The minimum absolute atomic E-state index is 0.112. The Hall–Kier alpha value is -0.250. The molecule has 18 heavy (non-hydrogen) atoms. The number of hydrogen-bond donors (Lipinski definition) is 0. The third-order valence-corrected chi connectivity index (χ3v) is 3.35. The monoisotopic (exact) mass is 282 g/mol. The maximum atomic E-state index is 11.0. The van der Waals surface area contributed by atoms with Crippen LogP contribution in [0, 0.1) is 0 Å². The van der Waals surface area contributed by atoms with Gasteiger partial charge in [0.05, 0.1) is 12.9 Å². The first-order valence-electron chi connectivity index (χ1n) is 5.60. The quantitative estimate of drug-likeness (QED) is 0.663. The van der Waals surface area contributed by atoms with Crippen molar-refractivity contribution >= 4 is 10.1 Å². The highest BCUT2D eigenvalue weighted by Crippen LogP contribution is 2.38. The fourth-order valence-electron chi connectivity index (χ4n) is 2.16. The molecule has 106 valence electrons. The highest BCUT2D eigenvalue weighted by molar-refractivity contribution is 7.85. The lowest BCUT2D eigenvalue weighted by molar-refractivity contribution is -0.229. The second kappa shape index (κ2) is 4.69. The van der Waals surface area contributed by atoms with Gasteiger partial charge < -0.3 is 18.9 Å². The minimum atomic E-state index is -3.51. The lowest BCUT2D eigenvalue weighted by Crippen LogP contribution is -2.33. The van der Waals surface area contributed by atoms with Crippen LogP contribution >= 0.6 is 0 Å². The molecule has 0 spiro atoms. The third-order valence-electron chi connectivity index (χ3n) is 2.79. The van der Waals surface area contributed by atoms with Gasteiger partial charge in [-0.1, -0.05) is 0 Å². The molecule has 7 nitrogen and oxygen atoms in total. The summed E-state index contributed by atoms with van der Waals surface area (Å²) in [4.78, 5) is 0. The van der Waals surface area contributed by atoms with E-state index in [0.717, 1.165) is 6.26 Å². The van der Waals surface area contributed by atoms with E-state index in [4.69, 9.17) is 23.1 Å². The summed E-state index contributed by atoms with van der Waals surface area (Å²) >= 11 is 0. The van der Waals surface area contributed by atoms with E-state index in [0.29, 0.717) is 0 Å². The molecule has 0 aromatic heterocycles. The van der Waals surface area contributed by atoms with Gasteiger partial charge in [0.15, 0.2) is 12.1 Å². The van der Waals surface area contributed by atoms with Crippen molar-refractivity contribution in [3.05, 3.63) is 0 Å². The fourth-order valence-corrected chi connectivity index (χ4v) is 2.54. The first kappa shape index (κ1) is 14.2. The van der Waals surface area contributed by atoms with Crippen LogP contribution in [0.2, 0.25) is 0 Å². The van der Waals surface area contributed by atoms with Crippen molar-refractivity contribution < 1.29 is 31.5 Å². The number of fused-ring (bicyclic) bond motifs is 1. The summed E-state index contributed by atoms with van der Waals surface area (Å²) in [5.74, 6) is -0.737. The summed E-state index contributed by atoms with van der Waals surface area (Å²) < 4.78 is 48.7. The van der Waals surface area contributed by atoms with Crippen molar-refractivity contribution in [2.45, 2.75) is 44.2 Å². The van der Waals surface area contributed by atoms with E-state index >= 15 is 0 Å². The van der Waals surface area contributed by atoms with Gasteiger partial charge in [-0.2, -0.15) is 8.42 Å². The summed E-state index contributed by atoms with van der Waals surface area (Å²) in [5.41, 5.74) is 0. The van der Waals surface area contributed by atoms with Gasteiger partial charge in [-0.15, -0.1) is 0 Å². The molecular weight excluding hydrogens is 264 g/mol. The zero-order valence-corrected chi connectivity index (χ0v) is 11.6. The van der Waals surface area contributed by atoms with Gasteiger partial charge in [0.2, 0.25) is 0 Å². The van der Waals surface area contributed by atoms with Gasteiger partial charge in [0, 0.05) is 7.11 Å². The van der Waals surface area contributed by atoms with Gasteiger partial charge in [-0.25, -0.2) is 0 Å². The van der Waals surface area contributed by atoms with Gasteiger partial charge in [0.25, 0.3) is 10.1 Å². The van der Waals surface area contributed by atoms with E-state index in [1.54, 1.807) is 13.8 Å². The molecule has 0 unspecified atom stereocenters. The van der Waals surface area contributed by atoms with Crippen LogP contribution in [0.4, 0.5) is 0 Å². The lowest BCUT2D eigenvalue weighted by atomic mass is 10.1. The van der Waals surface area contributed by atoms with Crippen molar-refractivity contribution in [1.82, 2.24) is 0 Å². The van der Waals surface area contributed by atoms with E-state index in [1.807, 2.05) is 0 Å². The highest BCUT2D eigenvalue weighted by atomic mass is 32.2. The molecule has 2 rings (SSSR count). The molecule has 0 amide bonds. The number of hydrogen-bond acceptors (Lipinski definition) is 7. The Kier molecular flexibility index (Phi) is 3.69. The average Bonchev–Trinajstić information content (AvgIpc) is 2.67. The lowest BCUT2D eigenvalue weighted by Gasteiger charge is -2.23. The van der Waals surface area contributed by atoms with Crippen molar-refractivity contribution in [3.63, 3.8) is 0 Å². The molecule has 2 aliphatic heterocycles. The standard InChI is InChI=1S/C10H18O7S/c1-10(2)16-7-6(5-14-18(4,11)12)15-9(13-3)8(7)17-10/h6-9H,5H2,1-4H3/t6-,7-,8-,9-/m1/s1. The first-order chi connectivity index (χ1) is 8.22. The van der Waals surface area contributed by atoms with Crippen LogP contribution in [0.5, 0.6) is 0 Å². The Morgan fingerprint density at radius 3 is 2.39 bits per heavy atom. The molecule has 0 N–H and O–H groups in total. The van der Waals surface area contributed by atoms with E-state index in [2.05, 4.69) is 0 Å². The summed E-state index contributed by atoms with van der Waals surface area (Å²) in [6, 6.07) is 0. The molecule has 0 aromatic carbocycles. The second-order valence-electron chi connectivity index (χ2n) is 4.83. The van der Waals surface area contributed by atoms with Gasteiger partial charge >= 0.3 is 0 Å². The van der Waals surface area contributed by atoms with Crippen molar-refractivity contribution in [2.75, 3.05) is 20.0 Å². The number of ether oxygens (including phenoxy) is 4. The van der Waals surface area contributed by atoms with E-state index in [1.165, 1.54) is 7.11 Å². The van der Waals surface area contributed by atoms with E-state index in [-0.39, 0.29) is 12.7 Å². The topological polar surface area (TPSA) is 80.3 Å². The molecule has 0 aromatic rings. The maximum absolute atomic E-state index is 11.0. The molecule has 0 saturated carbocycles. The number of methoxy groups -OCH3 is 1. The molecule has 2 fully saturated rings. The predicted octanol–water partition coefficient (Wildman–Crippen LogP) is -0.146. The van der Waals surface area contributed by atoms with Gasteiger partial charge in [0.1, 0.15) is 18.3 Å². The normalized spacial score (nSPS) is 38.9. The largest absolute Gasteiger partial charge is 0.353 e. The van der Waals surface area contributed by atoms with E-state index < -0.39 is 34.4 Å². The van der Waals surface area contributed by atoms with Crippen LogP contribution in [-0.4, -0.2) is 58.8 Å². The molecule has 2 heterocycles. The van der Waals surface area contributed by atoms with Crippen LogP contribution in [0.1, 0.15) is 13.8 Å². The summed E-state index contributed by atoms with van der Waals surface area (Å²) in [6.45, 7) is 3.46. The van der Waals surface area contributed by atoms with Crippen molar-refractivity contribution in [1.29, 1.82) is 0 Å². The van der Waals surface area contributed by atoms with E-state index in [9.17, 15) is 8.42 Å². The van der Waals surface area contributed by atoms with Gasteiger partial charge in [-0.05, 0) is 13.8 Å². The van der Waals surface area contributed by atoms with Crippen molar-refractivity contribution in [2.24, 2.45) is 0 Å². The zero-order chi connectivity index (χ0) is 13.6. The van der Waals surface area contributed by atoms with Gasteiger partial charge in [-0.3, -0.25) is 4.18 Å². The average molecular weight is 282 g/mol. The minimum Gasteiger partial charge on any atom is -0.353 e. The Bertz CT molecular complexity index is 404. The van der Waals surface area contributed by atoms with Crippen LogP contribution < -0.4 is 0 Å². The number of rotatable bonds is 4. The molecule has 2 aliphatic rings. The van der Waals surface area contributed by atoms with Crippen LogP contribution in [0.15, 0.2) is 0 Å². The summed E-state index contributed by atoms with van der Waals surface area (Å²) in [6.07, 6.45) is -0.894. The first-order valence-corrected chi connectivity index (χ1v) is 7.42. The summed E-state index contributed by atoms with van der Waals surface area (Å²) in [7, 11) is -2.01. The molecule has 0 bridgehead atoms. The predicted molar refractivity (Wildman–Crippen MR) is 60.3 cm³/mol. The molecule has 4 atom stereocenters. The Morgan fingerprint density at radius 2 is 1.83 bits per heavy atom. The maximum Gasteiger partial charge on any atom is 0.264 e. The molecule has 2 saturated heterocycles. The molecule has 0 radical (unpaired) electrons. The SMILES string of the molecule is CO[C@@H]1O[C@H](COS(C)(=O)=O)[C@H]2OC(C)(C)O[C@@H]12. The zero-order valence-electron chi connectivity index (χ0n) is 10.8. The summed E-state index contributed by atoms with van der Waals surface area (Å²) in [5, 5.41) is 0. The van der Waals surface area contributed by atoms with Crippen LogP contribution in [0.25, 0.3) is 0 Å². The third kappa shape index (κ3) is 3.01. The Labute approximate surface area is 106 Å².